The van der Waals surface area contributed by atoms with E-state index in [0.717, 1.165) is 40.4 Å². The van der Waals surface area contributed by atoms with Crippen molar-refractivity contribution in [2.24, 2.45) is 0 Å². The van der Waals surface area contributed by atoms with E-state index in [0.29, 0.717) is 13.0 Å². The van der Waals surface area contributed by atoms with Crippen molar-refractivity contribution in [1.29, 1.82) is 0 Å². The predicted octanol–water partition coefficient (Wildman–Crippen LogP) is 6.06. The van der Waals surface area contributed by atoms with Crippen LogP contribution in [0.3, 0.4) is 0 Å². The largest absolute Gasteiger partial charge is 0.494 e. The average molecular weight is 411 g/mol. The highest BCUT2D eigenvalue weighted by Gasteiger charge is 2.35. The molecule has 2 aliphatic rings. The summed E-state index contributed by atoms with van der Waals surface area (Å²) < 4.78 is 5.61. The van der Waals surface area contributed by atoms with Crippen LogP contribution >= 0.6 is 0 Å². The molecule has 0 fully saturated rings. The van der Waals surface area contributed by atoms with E-state index in [2.05, 4.69) is 47.0 Å². The van der Waals surface area contributed by atoms with E-state index in [-0.39, 0.29) is 17.7 Å². The standard InChI is InChI=1S/C27H26N2O2/c1-2-31-21-14-12-19(13-15-21)27-26-24(28-22-10-6-7-11-23(22)29-27)16-20(17-25(26)30)18-8-4-3-5-9-18/h3-15,20,27-29H,2,16-17H2,1H3/t20-,27+/m1/s1. The summed E-state index contributed by atoms with van der Waals surface area (Å²) in [5.41, 5.74) is 6.13. The molecule has 4 heteroatoms. The van der Waals surface area contributed by atoms with Crippen LogP contribution in [-0.2, 0) is 4.79 Å². The van der Waals surface area contributed by atoms with E-state index in [1.165, 1.54) is 5.56 Å². The molecule has 1 heterocycles. The van der Waals surface area contributed by atoms with Crippen LogP contribution in [0.1, 0.15) is 42.9 Å². The van der Waals surface area contributed by atoms with E-state index in [4.69, 9.17) is 4.74 Å². The van der Waals surface area contributed by atoms with E-state index >= 15 is 0 Å². The van der Waals surface area contributed by atoms with Gasteiger partial charge in [-0.1, -0.05) is 54.6 Å². The molecule has 0 aromatic heterocycles. The van der Waals surface area contributed by atoms with Crippen LogP contribution < -0.4 is 15.4 Å². The predicted molar refractivity (Wildman–Crippen MR) is 124 cm³/mol. The third-order valence-electron chi connectivity index (χ3n) is 6.10. The van der Waals surface area contributed by atoms with Crippen LogP contribution in [0.25, 0.3) is 0 Å². The molecule has 0 bridgehead atoms. The minimum atomic E-state index is -0.203. The maximum Gasteiger partial charge on any atom is 0.163 e. The molecule has 4 nitrogen and oxygen atoms in total. The fourth-order valence-corrected chi connectivity index (χ4v) is 4.63. The van der Waals surface area contributed by atoms with Gasteiger partial charge >= 0.3 is 0 Å². The number of hydrogen-bond acceptors (Lipinski definition) is 4. The molecule has 3 aromatic carbocycles. The Hall–Kier alpha value is -3.53. The first-order valence-corrected chi connectivity index (χ1v) is 10.9. The minimum Gasteiger partial charge on any atom is -0.494 e. The molecular formula is C27H26N2O2. The fourth-order valence-electron chi connectivity index (χ4n) is 4.63. The van der Waals surface area contributed by atoms with Crippen molar-refractivity contribution in [3.05, 3.63) is 101 Å². The summed E-state index contributed by atoms with van der Waals surface area (Å²) in [6.45, 7) is 2.61. The first-order valence-electron chi connectivity index (χ1n) is 10.9. The normalized spacial score (nSPS) is 20.1. The molecule has 31 heavy (non-hydrogen) atoms. The Bertz CT molecular complexity index is 1120. The van der Waals surface area contributed by atoms with Crippen LogP contribution in [-0.4, -0.2) is 12.4 Å². The Balaban J connectivity index is 1.57. The molecule has 2 atom stereocenters. The highest BCUT2D eigenvalue weighted by atomic mass is 16.5. The summed E-state index contributed by atoms with van der Waals surface area (Å²) >= 11 is 0. The van der Waals surface area contributed by atoms with E-state index in [1.54, 1.807) is 0 Å². The fraction of sp³-hybridized carbons (Fsp3) is 0.222. The number of fused-ring (bicyclic) bond motifs is 1. The van der Waals surface area contributed by atoms with Crippen molar-refractivity contribution in [3.8, 4) is 5.75 Å². The third-order valence-corrected chi connectivity index (χ3v) is 6.10. The molecule has 1 aliphatic carbocycles. The van der Waals surface area contributed by atoms with Gasteiger partial charge in [0.1, 0.15) is 5.75 Å². The molecule has 0 unspecified atom stereocenters. The summed E-state index contributed by atoms with van der Waals surface area (Å²) in [4.78, 5) is 13.5. The molecule has 0 amide bonds. The van der Waals surface area contributed by atoms with Crippen LogP contribution in [0.2, 0.25) is 0 Å². The highest BCUT2D eigenvalue weighted by Crippen LogP contribution is 2.44. The Morgan fingerprint density at radius 3 is 2.29 bits per heavy atom. The maximum absolute atomic E-state index is 13.5. The number of carbonyl (C=O) groups is 1. The zero-order valence-corrected chi connectivity index (χ0v) is 17.6. The Kier molecular flexibility index (Phi) is 5.21. The lowest BCUT2D eigenvalue weighted by Crippen LogP contribution is -2.26. The Morgan fingerprint density at radius 2 is 1.55 bits per heavy atom. The second-order valence-electron chi connectivity index (χ2n) is 8.08. The Morgan fingerprint density at radius 1 is 0.839 bits per heavy atom. The van der Waals surface area contributed by atoms with Gasteiger partial charge in [-0.05, 0) is 54.7 Å². The van der Waals surface area contributed by atoms with Crippen LogP contribution in [0.4, 0.5) is 11.4 Å². The number of ether oxygens (including phenoxy) is 1. The molecule has 0 saturated heterocycles. The minimum absolute atomic E-state index is 0.186. The molecule has 0 saturated carbocycles. The second-order valence-corrected chi connectivity index (χ2v) is 8.08. The number of ketones is 1. The molecule has 0 radical (unpaired) electrons. The number of carbonyl (C=O) groups excluding carboxylic acids is 1. The molecule has 3 aromatic rings. The van der Waals surface area contributed by atoms with Gasteiger partial charge in [0.2, 0.25) is 0 Å². The monoisotopic (exact) mass is 410 g/mol. The van der Waals surface area contributed by atoms with E-state index in [9.17, 15) is 4.79 Å². The number of nitrogens with one attached hydrogen (secondary N) is 2. The van der Waals surface area contributed by atoms with Gasteiger partial charge in [0.05, 0.1) is 24.0 Å². The Labute approximate surface area is 183 Å². The number of allylic oxidation sites excluding steroid dienone is 1. The first kappa shape index (κ1) is 19.4. The van der Waals surface area contributed by atoms with Crippen molar-refractivity contribution in [2.45, 2.75) is 31.7 Å². The van der Waals surface area contributed by atoms with Crippen molar-refractivity contribution in [3.63, 3.8) is 0 Å². The SMILES string of the molecule is CCOc1ccc([C@@H]2Nc3ccccc3NC3=C2C(=O)C[C@H](c2ccccc2)C3)cc1. The van der Waals surface area contributed by atoms with Crippen LogP contribution in [0.5, 0.6) is 5.75 Å². The van der Waals surface area contributed by atoms with Gasteiger partial charge in [0.25, 0.3) is 0 Å². The third kappa shape index (κ3) is 3.81. The molecular weight excluding hydrogens is 384 g/mol. The second kappa shape index (κ2) is 8.31. The number of benzene rings is 3. The van der Waals surface area contributed by atoms with Crippen molar-refractivity contribution in [1.82, 2.24) is 0 Å². The van der Waals surface area contributed by atoms with Crippen molar-refractivity contribution >= 4 is 17.2 Å². The lowest BCUT2D eigenvalue weighted by Gasteiger charge is -2.30. The number of anilines is 2. The van der Waals surface area contributed by atoms with Crippen molar-refractivity contribution < 1.29 is 9.53 Å². The first-order chi connectivity index (χ1) is 15.2. The number of Topliss-reactive ketones (excluding diaryl/α,β-unsaturated/α-hetero) is 1. The molecule has 2 N–H and O–H groups in total. The smallest absolute Gasteiger partial charge is 0.163 e. The molecule has 5 rings (SSSR count). The summed E-state index contributed by atoms with van der Waals surface area (Å²) in [6.07, 6.45) is 1.34. The van der Waals surface area contributed by atoms with E-state index in [1.807, 2.05) is 49.4 Å². The van der Waals surface area contributed by atoms with Gasteiger partial charge in [-0.2, -0.15) is 0 Å². The average Bonchev–Trinajstić information content (AvgIpc) is 2.97. The van der Waals surface area contributed by atoms with Crippen LogP contribution in [0.15, 0.2) is 90.1 Å². The summed E-state index contributed by atoms with van der Waals surface area (Å²) in [5.74, 6) is 1.22. The molecule has 0 spiro atoms. The summed E-state index contributed by atoms with van der Waals surface area (Å²) in [7, 11) is 0. The quantitative estimate of drug-likeness (QED) is 0.548. The van der Waals surface area contributed by atoms with Crippen molar-refractivity contribution in [2.75, 3.05) is 17.2 Å². The zero-order valence-electron chi connectivity index (χ0n) is 17.6. The van der Waals surface area contributed by atoms with Crippen LogP contribution in [0, 0.1) is 0 Å². The highest BCUT2D eigenvalue weighted by molar-refractivity contribution is 6.01. The summed E-state index contributed by atoms with van der Waals surface area (Å²) in [6, 6.07) is 26.4. The van der Waals surface area contributed by atoms with Gasteiger partial charge < -0.3 is 15.4 Å². The topological polar surface area (TPSA) is 50.4 Å². The maximum atomic E-state index is 13.5. The number of para-hydroxylation sites is 2. The van der Waals surface area contributed by atoms with E-state index < -0.39 is 0 Å². The number of rotatable bonds is 4. The lowest BCUT2D eigenvalue weighted by molar-refractivity contribution is -0.116. The molecule has 1 aliphatic heterocycles. The number of hydrogen-bond donors (Lipinski definition) is 2. The summed E-state index contributed by atoms with van der Waals surface area (Å²) in [5, 5.41) is 7.22. The van der Waals surface area contributed by atoms with Gasteiger partial charge in [0.15, 0.2) is 5.78 Å². The lowest BCUT2D eigenvalue weighted by atomic mass is 9.78. The van der Waals surface area contributed by atoms with Gasteiger partial charge in [-0.15, -0.1) is 0 Å². The molecule has 156 valence electrons. The van der Waals surface area contributed by atoms with Gasteiger partial charge in [-0.25, -0.2) is 0 Å². The zero-order chi connectivity index (χ0) is 21.2. The van der Waals surface area contributed by atoms with Gasteiger partial charge in [0, 0.05) is 17.7 Å². The van der Waals surface area contributed by atoms with Gasteiger partial charge in [-0.3, -0.25) is 4.79 Å².